The lowest BCUT2D eigenvalue weighted by Crippen LogP contribution is -2.33. The molecular weight excluding hydrogens is 669 g/mol. The van der Waals surface area contributed by atoms with Crippen molar-refractivity contribution in [3.05, 3.63) is 29.3 Å². The molecule has 0 radical (unpaired) electrons. The number of H-pyrrole nitrogens is 1. The largest absolute Gasteiger partial charge is 0.386 e. The Hall–Kier alpha value is -2.65. The summed E-state index contributed by atoms with van der Waals surface area (Å²) in [6, 6.07) is 0. The number of rotatable bonds is 2. The minimum atomic E-state index is -4.27. The van der Waals surface area contributed by atoms with Gasteiger partial charge in [0.2, 0.25) is 5.95 Å². The maximum absolute atomic E-state index is 16.0. The molecule has 7 rings (SSSR count). The molecule has 44 heavy (non-hydrogen) atoms. The number of aromatic nitrogens is 8. The summed E-state index contributed by atoms with van der Waals surface area (Å²) in [4.78, 5) is 34.9. The van der Waals surface area contributed by atoms with E-state index >= 15 is 4.39 Å². The zero-order valence-corrected chi connectivity index (χ0v) is 25.6. The Labute approximate surface area is 255 Å². The third kappa shape index (κ3) is 5.42. The van der Waals surface area contributed by atoms with Gasteiger partial charge in [-0.15, -0.1) is 0 Å². The summed E-state index contributed by atoms with van der Waals surface area (Å²) in [5.74, 6) is -0.107. The third-order valence-electron chi connectivity index (χ3n) is 7.15. The zero-order valence-electron chi connectivity index (χ0n) is 22.0. The highest BCUT2D eigenvalue weighted by molar-refractivity contribution is 8.44. The van der Waals surface area contributed by atoms with Crippen molar-refractivity contribution in [1.82, 2.24) is 39.0 Å². The summed E-state index contributed by atoms with van der Waals surface area (Å²) < 4.78 is 79.6. The van der Waals surface area contributed by atoms with Crippen molar-refractivity contribution in [2.75, 3.05) is 24.7 Å². The van der Waals surface area contributed by atoms with E-state index in [9.17, 15) is 13.9 Å². The van der Waals surface area contributed by atoms with Gasteiger partial charge in [0.15, 0.2) is 41.3 Å². The number of ether oxygens (including phenoxy) is 2. The topological polar surface area (TPSA) is 249 Å². The van der Waals surface area contributed by atoms with E-state index in [2.05, 4.69) is 54.4 Å². The quantitative estimate of drug-likeness (QED) is 0.148. The number of alkyl halides is 1. The van der Waals surface area contributed by atoms with Crippen molar-refractivity contribution in [3.8, 4) is 0 Å². The molecule has 0 spiro atoms. The average Bonchev–Trinajstić information content (AvgIpc) is 3.72. The predicted molar refractivity (Wildman–Crippen MR) is 154 cm³/mol. The van der Waals surface area contributed by atoms with E-state index in [1.54, 1.807) is 0 Å². The second-order valence-electron chi connectivity index (χ2n) is 9.99. The van der Waals surface area contributed by atoms with Crippen molar-refractivity contribution >= 4 is 72.2 Å². The molecule has 4 aromatic heterocycles. The lowest BCUT2D eigenvalue weighted by atomic mass is 10.1. The summed E-state index contributed by atoms with van der Waals surface area (Å²) in [5.41, 5.74) is 11.4. The molecule has 24 heteroatoms. The lowest BCUT2D eigenvalue weighted by Gasteiger charge is -2.26. The fourth-order valence-corrected chi connectivity index (χ4v) is 8.25. The molecule has 3 saturated heterocycles. The van der Waals surface area contributed by atoms with Crippen molar-refractivity contribution < 1.29 is 41.1 Å². The van der Waals surface area contributed by atoms with Gasteiger partial charge in [-0.05, 0) is 0 Å². The van der Waals surface area contributed by atoms with Crippen LogP contribution in [0.1, 0.15) is 18.9 Å². The molecule has 9 atom stereocenters. The molecule has 0 amide bonds. The molecule has 0 saturated carbocycles. The van der Waals surface area contributed by atoms with E-state index in [4.69, 9.17) is 39.0 Å². The van der Waals surface area contributed by atoms with Gasteiger partial charge in [-0.1, -0.05) is 24.5 Å². The van der Waals surface area contributed by atoms with Crippen LogP contribution in [-0.4, -0.2) is 82.8 Å². The van der Waals surface area contributed by atoms with Crippen molar-refractivity contribution in [2.24, 2.45) is 0 Å². The van der Waals surface area contributed by atoms with E-state index < -0.39 is 68.8 Å². The molecule has 0 aromatic carbocycles. The summed E-state index contributed by atoms with van der Waals surface area (Å²) in [5, 5.41) is 0. The number of nitrogen functional groups attached to an aromatic ring is 2. The summed E-state index contributed by atoms with van der Waals surface area (Å²) in [6.07, 6.45) is -5.49. The Kier molecular flexibility index (Phi) is 7.51. The van der Waals surface area contributed by atoms with E-state index in [0.717, 1.165) is 0 Å². The highest BCUT2D eigenvalue weighted by Crippen LogP contribution is 2.60. The number of fused-ring (bicyclic) bond motifs is 5. The monoisotopic (exact) mass is 692 g/mol. The second kappa shape index (κ2) is 11.0. The second-order valence-corrected chi connectivity index (χ2v) is 15.7. The van der Waals surface area contributed by atoms with E-state index in [-0.39, 0.29) is 47.1 Å². The molecule has 1 unspecified atom stereocenters. The third-order valence-corrected chi connectivity index (χ3v) is 10.4. The Morgan fingerprint density at radius 3 is 2.41 bits per heavy atom. The Morgan fingerprint density at radius 2 is 1.61 bits per heavy atom. The molecule has 5 N–H and O–H groups in total. The van der Waals surface area contributed by atoms with Crippen LogP contribution in [0.15, 0.2) is 23.8 Å². The standard InChI is InChI=1S/C20H23FN10O9P2S2/c21-10-13-9(38-19(10)30-5-26-11-14(22)24-4-25-15(11)30)3-36-41(33,43)39-8-1-7(2-35-42(34,44)40-13)37-18(8)31-6-27-12-16(31)28-20(23)29-17(12)32/h4-10,13,18-19H,1-3H2,(H,33,43)(H,34,44)(H2,22,24,25)(H3,23,28,29,32)/t7?,8-,9-,10-,13-,18-,19-,41-,42-/m1/s1. The van der Waals surface area contributed by atoms with Crippen LogP contribution in [0.25, 0.3) is 22.3 Å². The van der Waals surface area contributed by atoms with Crippen molar-refractivity contribution in [2.45, 2.75) is 49.5 Å². The zero-order chi connectivity index (χ0) is 31.0. The Balaban J connectivity index is 1.19. The number of anilines is 2. The fraction of sp³-hybridized carbons (Fsp3) is 0.500. The van der Waals surface area contributed by atoms with Gasteiger partial charge >= 0.3 is 13.6 Å². The number of hydrogen-bond acceptors (Lipinski definition) is 16. The predicted octanol–water partition coefficient (Wildman–Crippen LogP) is 1.54. The lowest BCUT2D eigenvalue weighted by molar-refractivity contribution is -0.0561. The molecule has 2 bridgehead atoms. The van der Waals surface area contributed by atoms with Crippen LogP contribution in [-0.2, 0) is 36.7 Å². The molecule has 236 valence electrons. The van der Waals surface area contributed by atoms with Gasteiger partial charge in [-0.3, -0.25) is 37.0 Å². The molecule has 0 aliphatic carbocycles. The SMILES string of the molecule is Nc1nc2c(ncn2[C@@H]2OC3CO[P@@](=O)(S)O[C@H]4[C@@H](F)[C@H](n5cnc6c(N)ncnc65)O[C@@H]4CO[P@@](=O)(S)O[C@@H]2C3)c(=O)[nH]1. The first-order valence-corrected chi connectivity index (χ1v) is 18.2. The molecule has 19 nitrogen and oxygen atoms in total. The van der Waals surface area contributed by atoms with Gasteiger partial charge in [-0.25, -0.2) is 33.5 Å². The van der Waals surface area contributed by atoms with Crippen LogP contribution in [0, 0.1) is 0 Å². The minimum Gasteiger partial charge on any atom is -0.382 e. The highest BCUT2D eigenvalue weighted by Gasteiger charge is 2.52. The average molecular weight is 693 g/mol. The number of aromatic amines is 1. The smallest absolute Gasteiger partial charge is 0.382 e. The number of nitrogens with two attached hydrogens (primary N) is 2. The first kappa shape index (κ1) is 30.0. The van der Waals surface area contributed by atoms with Gasteiger partial charge in [0.25, 0.3) is 5.56 Å². The molecule has 7 heterocycles. The number of nitrogens with zero attached hydrogens (tertiary/aromatic N) is 7. The summed E-state index contributed by atoms with van der Waals surface area (Å²) in [6.45, 7) is -9.43. The van der Waals surface area contributed by atoms with Gasteiger partial charge in [0.05, 0.1) is 32.0 Å². The summed E-state index contributed by atoms with van der Waals surface area (Å²) >= 11 is 8.16. The van der Waals surface area contributed by atoms with Gasteiger partial charge in [0.1, 0.15) is 30.2 Å². The van der Waals surface area contributed by atoms with Gasteiger partial charge in [0, 0.05) is 6.42 Å². The van der Waals surface area contributed by atoms with Crippen molar-refractivity contribution in [3.63, 3.8) is 0 Å². The molecule has 3 fully saturated rings. The normalized spacial score (nSPS) is 36.6. The molecular formula is C20H23FN10O9P2S2. The maximum atomic E-state index is 16.0. The number of hydrogen-bond donors (Lipinski definition) is 5. The van der Waals surface area contributed by atoms with Gasteiger partial charge < -0.3 is 20.9 Å². The molecule has 3 aliphatic rings. The molecule has 4 aromatic rings. The van der Waals surface area contributed by atoms with E-state index in [1.807, 2.05) is 0 Å². The maximum Gasteiger partial charge on any atom is 0.386 e. The van der Waals surface area contributed by atoms with E-state index in [0.29, 0.717) is 0 Å². The molecule has 3 aliphatic heterocycles. The first-order chi connectivity index (χ1) is 20.9. The van der Waals surface area contributed by atoms with E-state index in [1.165, 1.54) is 28.1 Å². The number of thiol groups is 2. The van der Waals surface area contributed by atoms with Crippen LogP contribution in [0.4, 0.5) is 16.2 Å². The van der Waals surface area contributed by atoms with Crippen LogP contribution >= 0.6 is 38.1 Å². The van der Waals surface area contributed by atoms with Crippen LogP contribution in [0.5, 0.6) is 0 Å². The first-order valence-electron chi connectivity index (χ1n) is 12.8. The minimum absolute atomic E-state index is 0.0283. The summed E-state index contributed by atoms with van der Waals surface area (Å²) in [7, 11) is 0. The van der Waals surface area contributed by atoms with Crippen LogP contribution in [0.2, 0.25) is 0 Å². The Bertz CT molecular complexity index is 1910. The van der Waals surface area contributed by atoms with Crippen LogP contribution < -0.4 is 17.0 Å². The fourth-order valence-electron chi connectivity index (χ4n) is 5.26. The van der Waals surface area contributed by atoms with Crippen LogP contribution in [0.3, 0.4) is 0 Å². The van der Waals surface area contributed by atoms with Crippen molar-refractivity contribution in [1.29, 1.82) is 0 Å². The number of halogens is 1. The highest BCUT2D eigenvalue weighted by atomic mass is 32.7. The van der Waals surface area contributed by atoms with Gasteiger partial charge in [-0.2, -0.15) is 4.98 Å². The number of imidazole rings is 2. The number of nitrogens with one attached hydrogen (secondary N) is 1. The Morgan fingerprint density at radius 1 is 0.909 bits per heavy atom.